The minimum atomic E-state index is -0.273. The normalized spacial score (nSPS) is 9.39. The summed E-state index contributed by atoms with van der Waals surface area (Å²) in [6.07, 6.45) is 1.36. The second kappa shape index (κ2) is 7.05. The molecular weight excluding hydrogens is 236 g/mol. The maximum atomic E-state index is 11.5. The number of aldehydes is 1. The molecule has 6 heteroatoms. The molecule has 6 nitrogen and oxygen atoms in total. The smallest absolute Gasteiger partial charge is 0.226 e. The van der Waals surface area contributed by atoms with Crippen molar-refractivity contribution >= 4 is 24.3 Å². The number of anilines is 1. The number of carbonyl (C=O) groups is 3. The fourth-order valence-electron chi connectivity index (χ4n) is 1.35. The van der Waals surface area contributed by atoms with E-state index in [1.54, 1.807) is 12.1 Å². The number of methoxy groups -OCH3 is 1. The third-order valence-electron chi connectivity index (χ3n) is 2.21. The Kier molecular flexibility index (Phi) is 5.37. The molecule has 0 radical (unpaired) electrons. The van der Waals surface area contributed by atoms with E-state index in [1.807, 2.05) is 0 Å². The van der Waals surface area contributed by atoms with Crippen molar-refractivity contribution in [3.63, 3.8) is 0 Å². The zero-order chi connectivity index (χ0) is 13.4. The van der Waals surface area contributed by atoms with Crippen molar-refractivity contribution in [3.8, 4) is 5.75 Å². The van der Waals surface area contributed by atoms with Crippen LogP contribution in [0.1, 0.15) is 16.8 Å². The largest absolute Gasteiger partial charge is 0.495 e. The maximum absolute atomic E-state index is 11.5. The summed E-state index contributed by atoms with van der Waals surface area (Å²) in [4.78, 5) is 32.2. The highest BCUT2D eigenvalue weighted by atomic mass is 16.5. The highest BCUT2D eigenvalue weighted by molar-refractivity contribution is 5.93. The Labute approximate surface area is 104 Å². The van der Waals surface area contributed by atoms with E-state index in [4.69, 9.17) is 4.74 Å². The molecule has 1 aromatic carbocycles. The highest BCUT2D eigenvalue weighted by Gasteiger charge is 2.08. The van der Waals surface area contributed by atoms with Gasteiger partial charge in [-0.2, -0.15) is 0 Å². The molecule has 0 aliphatic heterocycles. The second-order valence-electron chi connectivity index (χ2n) is 3.45. The van der Waals surface area contributed by atoms with Crippen molar-refractivity contribution in [3.05, 3.63) is 23.8 Å². The van der Waals surface area contributed by atoms with E-state index in [1.165, 1.54) is 13.2 Å². The summed E-state index contributed by atoms with van der Waals surface area (Å²) in [7, 11) is 1.47. The van der Waals surface area contributed by atoms with Gasteiger partial charge in [-0.3, -0.25) is 14.4 Å². The number of benzene rings is 1. The molecule has 0 atom stereocenters. The molecule has 0 aliphatic rings. The van der Waals surface area contributed by atoms with Gasteiger partial charge >= 0.3 is 0 Å². The van der Waals surface area contributed by atoms with Gasteiger partial charge in [0.25, 0.3) is 0 Å². The number of ether oxygens (including phenoxy) is 1. The Balaban J connectivity index is 2.72. The second-order valence-corrected chi connectivity index (χ2v) is 3.45. The average Bonchev–Trinajstić information content (AvgIpc) is 2.39. The van der Waals surface area contributed by atoms with Gasteiger partial charge in [0.15, 0.2) is 0 Å². The summed E-state index contributed by atoms with van der Waals surface area (Å²) in [6.45, 7) is 0.255. The van der Waals surface area contributed by atoms with E-state index in [0.29, 0.717) is 29.7 Å². The molecule has 0 saturated carbocycles. The van der Waals surface area contributed by atoms with Crippen LogP contribution in [0.5, 0.6) is 5.75 Å². The number of hydrogen-bond acceptors (Lipinski definition) is 4. The van der Waals surface area contributed by atoms with Crippen LogP contribution in [0.25, 0.3) is 0 Å². The van der Waals surface area contributed by atoms with E-state index in [2.05, 4.69) is 10.6 Å². The number of amides is 2. The van der Waals surface area contributed by atoms with Crippen LogP contribution in [0.2, 0.25) is 0 Å². The summed E-state index contributed by atoms with van der Waals surface area (Å²) in [5.74, 6) is 0.197. The average molecular weight is 250 g/mol. The van der Waals surface area contributed by atoms with Crippen molar-refractivity contribution < 1.29 is 19.1 Å². The Morgan fingerprint density at radius 1 is 1.39 bits per heavy atom. The number of hydrogen-bond donors (Lipinski definition) is 2. The summed E-state index contributed by atoms with van der Waals surface area (Å²) < 4.78 is 5.07. The molecule has 1 rings (SSSR count). The van der Waals surface area contributed by atoms with Gasteiger partial charge in [0.2, 0.25) is 12.3 Å². The molecule has 0 heterocycles. The summed E-state index contributed by atoms with van der Waals surface area (Å²) >= 11 is 0. The quantitative estimate of drug-likeness (QED) is 0.547. The lowest BCUT2D eigenvalue weighted by Gasteiger charge is -2.10. The van der Waals surface area contributed by atoms with E-state index in [9.17, 15) is 14.4 Å². The van der Waals surface area contributed by atoms with Crippen LogP contribution in [0, 0.1) is 0 Å². The lowest BCUT2D eigenvalue weighted by atomic mass is 10.2. The van der Waals surface area contributed by atoms with Crippen LogP contribution >= 0.6 is 0 Å². The molecule has 0 aliphatic carbocycles. The van der Waals surface area contributed by atoms with Crippen molar-refractivity contribution in [2.75, 3.05) is 19.0 Å². The van der Waals surface area contributed by atoms with Crippen LogP contribution in [0.4, 0.5) is 5.69 Å². The lowest BCUT2D eigenvalue weighted by Crippen LogP contribution is -2.20. The minimum Gasteiger partial charge on any atom is -0.495 e. The maximum Gasteiger partial charge on any atom is 0.226 e. The first-order chi connectivity index (χ1) is 8.71. The molecule has 0 spiro atoms. The monoisotopic (exact) mass is 250 g/mol. The Morgan fingerprint density at radius 2 is 2.17 bits per heavy atom. The molecule has 0 fully saturated rings. The first-order valence-electron chi connectivity index (χ1n) is 5.31. The van der Waals surface area contributed by atoms with Crippen LogP contribution in [-0.2, 0) is 9.59 Å². The topological polar surface area (TPSA) is 84.5 Å². The van der Waals surface area contributed by atoms with Gasteiger partial charge in [-0.25, -0.2) is 0 Å². The molecule has 0 saturated heterocycles. The van der Waals surface area contributed by atoms with Crippen molar-refractivity contribution in [2.45, 2.75) is 6.42 Å². The lowest BCUT2D eigenvalue weighted by molar-refractivity contribution is -0.116. The fourth-order valence-corrected chi connectivity index (χ4v) is 1.35. The summed E-state index contributed by atoms with van der Waals surface area (Å²) in [5.41, 5.74) is 0.871. The van der Waals surface area contributed by atoms with E-state index in [0.717, 1.165) is 0 Å². The first-order valence-corrected chi connectivity index (χ1v) is 5.31. The van der Waals surface area contributed by atoms with E-state index < -0.39 is 0 Å². The van der Waals surface area contributed by atoms with E-state index in [-0.39, 0.29) is 18.9 Å². The number of rotatable bonds is 7. The van der Waals surface area contributed by atoms with E-state index >= 15 is 0 Å². The molecule has 18 heavy (non-hydrogen) atoms. The molecule has 0 unspecified atom stereocenters. The van der Waals surface area contributed by atoms with Crippen LogP contribution < -0.4 is 15.4 Å². The molecular formula is C12H14N2O4. The van der Waals surface area contributed by atoms with Gasteiger partial charge in [-0.15, -0.1) is 0 Å². The molecule has 1 aromatic rings. The van der Waals surface area contributed by atoms with Gasteiger partial charge in [0.1, 0.15) is 12.0 Å². The van der Waals surface area contributed by atoms with Gasteiger partial charge in [-0.05, 0) is 18.2 Å². The third-order valence-corrected chi connectivity index (χ3v) is 2.21. The fraction of sp³-hybridized carbons (Fsp3) is 0.250. The number of nitrogens with one attached hydrogen (secondary N) is 2. The Morgan fingerprint density at radius 3 is 2.78 bits per heavy atom. The minimum absolute atomic E-state index is 0.146. The highest BCUT2D eigenvalue weighted by Crippen LogP contribution is 2.24. The standard InChI is InChI=1S/C12H14N2O4/c1-18-11-3-2-9(7-15)6-10(11)14-12(17)4-5-13-8-16/h2-3,6-8H,4-5H2,1H3,(H,13,16)(H,14,17). The Hall–Kier alpha value is -2.37. The van der Waals surface area contributed by atoms with Crippen molar-refractivity contribution in [2.24, 2.45) is 0 Å². The molecule has 0 bridgehead atoms. The molecule has 96 valence electrons. The third kappa shape index (κ3) is 3.89. The zero-order valence-electron chi connectivity index (χ0n) is 9.93. The first kappa shape index (κ1) is 13.7. The van der Waals surface area contributed by atoms with Gasteiger partial charge in [0.05, 0.1) is 12.8 Å². The van der Waals surface area contributed by atoms with Crippen molar-refractivity contribution in [1.29, 1.82) is 0 Å². The zero-order valence-corrected chi connectivity index (χ0v) is 9.93. The SMILES string of the molecule is COc1ccc(C=O)cc1NC(=O)CCNC=O. The van der Waals surface area contributed by atoms with Crippen LogP contribution in [0.3, 0.4) is 0 Å². The van der Waals surface area contributed by atoms with Gasteiger partial charge in [0, 0.05) is 18.5 Å². The van der Waals surface area contributed by atoms with Gasteiger partial charge < -0.3 is 15.4 Å². The predicted molar refractivity (Wildman–Crippen MR) is 65.7 cm³/mol. The Bertz CT molecular complexity index is 446. The van der Waals surface area contributed by atoms with Crippen molar-refractivity contribution in [1.82, 2.24) is 5.32 Å². The predicted octanol–water partition coefficient (Wildman–Crippen LogP) is 0.582. The van der Waals surface area contributed by atoms with Crippen LogP contribution in [-0.4, -0.2) is 32.3 Å². The summed E-state index contributed by atoms with van der Waals surface area (Å²) in [6, 6.07) is 4.72. The van der Waals surface area contributed by atoms with Gasteiger partial charge in [-0.1, -0.05) is 0 Å². The molecule has 0 aromatic heterocycles. The number of carbonyl (C=O) groups excluding carboxylic acids is 3. The van der Waals surface area contributed by atoms with Crippen LogP contribution in [0.15, 0.2) is 18.2 Å². The molecule has 2 amide bonds. The molecule has 2 N–H and O–H groups in total. The summed E-state index contributed by atoms with van der Waals surface area (Å²) in [5, 5.41) is 5.00.